The number of carbonyl (C=O) groups is 1. The summed E-state index contributed by atoms with van der Waals surface area (Å²) in [6.07, 6.45) is 4.33. The van der Waals surface area contributed by atoms with Crippen LogP contribution in [0.25, 0.3) is 0 Å². The minimum Gasteiger partial charge on any atom is -0.309 e. The van der Waals surface area contributed by atoms with Crippen LogP contribution in [0.15, 0.2) is 12.5 Å². The van der Waals surface area contributed by atoms with Gasteiger partial charge in [0, 0.05) is 12.5 Å². The van der Waals surface area contributed by atoms with E-state index in [1.807, 2.05) is 11.8 Å². The van der Waals surface area contributed by atoms with Crippen LogP contribution in [0.2, 0.25) is 0 Å². The van der Waals surface area contributed by atoms with E-state index < -0.39 is 0 Å². The Balaban J connectivity index is 1.96. The third kappa shape index (κ3) is 0.967. The molecule has 0 bridgehead atoms. The monoisotopic (exact) mass is 189 g/mol. The number of hydrogen-bond donors (Lipinski definition) is 0. The SMILES string of the molecule is Cc1ncncc1N1C[C@H]2C[C@H]2C1=O. The predicted molar refractivity (Wildman–Crippen MR) is 50.7 cm³/mol. The zero-order chi connectivity index (χ0) is 9.71. The minimum absolute atomic E-state index is 0.257. The molecule has 4 heteroatoms. The van der Waals surface area contributed by atoms with Crippen molar-refractivity contribution in [2.24, 2.45) is 11.8 Å². The molecule has 0 N–H and O–H groups in total. The van der Waals surface area contributed by atoms with Gasteiger partial charge in [0.1, 0.15) is 6.33 Å². The van der Waals surface area contributed by atoms with Gasteiger partial charge in [0.15, 0.2) is 0 Å². The fraction of sp³-hybridized carbons (Fsp3) is 0.500. The minimum atomic E-state index is 0.257. The van der Waals surface area contributed by atoms with Gasteiger partial charge in [0.05, 0.1) is 17.6 Å². The Kier molecular flexibility index (Phi) is 1.43. The van der Waals surface area contributed by atoms with Gasteiger partial charge in [-0.25, -0.2) is 9.97 Å². The van der Waals surface area contributed by atoms with Gasteiger partial charge in [0.25, 0.3) is 0 Å². The van der Waals surface area contributed by atoms with Gasteiger partial charge in [0.2, 0.25) is 5.91 Å². The first-order chi connectivity index (χ1) is 6.77. The van der Waals surface area contributed by atoms with E-state index in [1.54, 1.807) is 6.20 Å². The van der Waals surface area contributed by atoms with Crippen molar-refractivity contribution in [3.63, 3.8) is 0 Å². The van der Waals surface area contributed by atoms with Crippen LogP contribution >= 0.6 is 0 Å². The third-order valence-corrected chi connectivity index (χ3v) is 3.10. The highest BCUT2D eigenvalue weighted by Gasteiger charge is 2.52. The molecule has 1 aromatic heterocycles. The number of hydrogen-bond acceptors (Lipinski definition) is 3. The molecule has 1 amide bonds. The zero-order valence-electron chi connectivity index (χ0n) is 7.97. The number of piperidine rings is 1. The van der Waals surface area contributed by atoms with Crippen LogP contribution in [0.3, 0.4) is 0 Å². The Morgan fingerprint density at radius 1 is 1.57 bits per heavy atom. The molecular weight excluding hydrogens is 178 g/mol. The maximum Gasteiger partial charge on any atom is 0.230 e. The van der Waals surface area contributed by atoms with Gasteiger partial charge in [-0.1, -0.05) is 0 Å². The summed E-state index contributed by atoms with van der Waals surface area (Å²) in [6, 6.07) is 0. The number of carbonyl (C=O) groups excluding carboxylic acids is 1. The number of fused-ring (bicyclic) bond motifs is 1. The smallest absolute Gasteiger partial charge is 0.230 e. The fourth-order valence-corrected chi connectivity index (χ4v) is 2.14. The average molecular weight is 189 g/mol. The molecule has 0 spiro atoms. The Morgan fingerprint density at radius 3 is 3.07 bits per heavy atom. The molecule has 72 valence electrons. The van der Waals surface area contributed by atoms with E-state index in [0.717, 1.165) is 24.3 Å². The Labute approximate surface area is 82.0 Å². The van der Waals surface area contributed by atoms with Crippen molar-refractivity contribution in [1.29, 1.82) is 0 Å². The molecule has 2 heterocycles. The molecule has 0 aromatic carbocycles. The van der Waals surface area contributed by atoms with E-state index in [2.05, 4.69) is 9.97 Å². The molecule has 1 aromatic rings. The van der Waals surface area contributed by atoms with Crippen molar-refractivity contribution < 1.29 is 4.79 Å². The fourth-order valence-electron chi connectivity index (χ4n) is 2.14. The number of amides is 1. The van der Waals surface area contributed by atoms with Gasteiger partial charge in [-0.05, 0) is 19.3 Å². The summed E-state index contributed by atoms with van der Waals surface area (Å²) in [5.74, 6) is 1.16. The average Bonchev–Trinajstić information content (AvgIpc) is 2.88. The largest absolute Gasteiger partial charge is 0.309 e. The standard InChI is InChI=1S/C10H11N3O/c1-6-9(3-11-5-12-6)13-4-7-2-8(7)10(13)14/h3,5,7-8H,2,4H2,1H3/t7-,8-/m1/s1. The molecule has 1 saturated heterocycles. The second kappa shape index (κ2) is 2.53. The van der Waals surface area contributed by atoms with Crippen molar-refractivity contribution in [1.82, 2.24) is 9.97 Å². The Hall–Kier alpha value is -1.45. The molecule has 0 radical (unpaired) electrons. The van der Waals surface area contributed by atoms with Crippen molar-refractivity contribution in [2.45, 2.75) is 13.3 Å². The number of aromatic nitrogens is 2. The van der Waals surface area contributed by atoms with E-state index in [0.29, 0.717) is 11.8 Å². The summed E-state index contributed by atoms with van der Waals surface area (Å²) in [6.45, 7) is 2.77. The number of anilines is 1. The highest BCUT2D eigenvalue weighted by atomic mass is 16.2. The zero-order valence-corrected chi connectivity index (χ0v) is 7.97. The van der Waals surface area contributed by atoms with Gasteiger partial charge in [-0.15, -0.1) is 0 Å². The van der Waals surface area contributed by atoms with E-state index >= 15 is 0 Å². The molecule has 2 aliphatic rings. The molecule has 1 saturated carbocycles. The van der Waals surface area contributed by atoms with Crippen LogP contribution in [-0.2, 0) is 4.79 Å². The number of aryl methyl sites for hydroxylation is 1. The predicted octanol–water partition coefficient (Wildman–Crippen LogP) is 0.768. The van der Waals surface area contributed by atoms with Crippen LogP contribution in [0.4, 0.5) is 5.69 Å². The quantitative estimate of drug-likeness (QED) is 0.655. The first-order valence-electron chi connectivity index (χ1n) is 4.85. The summed E-state index contributed by atoms with van der Waals surface area (Å²) >= 11 is 0. The van der Waals surface area contributed by atoms with Gasteiger partial charge in [-0.2, -0.15) is 0 Å². The van der Waals surface area contributed by atoms with Crippen molar-refractivity contribution in [2.75, 3.05) is 11.4 Å². The molecule has 3 rings (SSSR count). The summed E-state index contributed by atoms with van der Waals surface area (Å²) in [4.78, 5) is 21.6. The molecule has 2 atom stereocenters. The maximum absolute atomic E-state index is 11.8. The Bertz CT molecular complexity index is 404. The van der Waals surface area contributed by atoms with E-state index in [-0.39, 0.29) is 5.91 Å². The lowest BCUT2D eigenvalue weighted by Gasteiger charge is -2.18. The Morgan fingerprint density at radius 2 is 2.43 bits per heavy atom. The summed E-state index contributed by atoms with van der Waals surface area (Å²) in [5, 5.41) is 0. The van der Waals surface area contributed by atoms with Crippen LogP contribution in [0.1, 0.15) is 12.1 Å². The number of nitrogens with zero attached hydrogens (tertiary/aromatic N) is 3. The van der Waals surface area contributed by atoms with E-state index in [4.69, 9.17) is 0 Å². The third-order valence-electron chi connectivity index (χ3n) is 3.10. The van der Waals surface area contributed by atoms with Gasteiger partial charge < -0.3 is 4.90 Å². The molecule has 14 heavy (non-hydrogen) atoms. The maximum atomic E-state index is 11.8. The van der Waals surface area contributed by atoms with Crippen LogP contribution < -0.4 is 4.90 Å². The summed E-state index contributed by atoms with van der Waals surface area (Å²) < 4.78 is 0. The lowest BCUT2D eigenvalue weighted by Crippen LogP contribution is -2.28. The molecule has 1 aliphatic heterocycles. The van der Waals surface area contributed by atoms with Crippen LogP contribution in [-0.4, -0.2) is 22.4 Å². The molecule has 2 fully saturated rings. The van der Waals surface area contributed by atoms with Gasteiger partial charge in [-0.3, -0.25) is 4.79 Å². The van der Waals surface area contributed by atoms with E-state index in [9.17, 15) is 4.79 Å². The second-order valence-electron chi connectivity index (χ2n) is 4.04. The van der Waals surface area contributed by atoms with Crippen molar-refractivity contribution in [3.8, 4) is 0 Å². The van der Waals surface area contributed by atoms with Gasteiger partial charge >= 0.3 is 0 Å². The van der Waals surface area contributed by atoms with Crippen molar-refractivity contribution >= 4 is 11.6 Å². The summed E-state index contributed by atoms with van der Waals surface area (Å²) in [7, 11) is 0. The lowest BCUT2D eigenvalue weighted by molar-refractivity contribution is -0.118. The van der Waals surface area contributed by atoms with E-state index in [1.165, 1.54) is 6.33 Å². The molecule has 1 aliphatic carbocycles. The molecule has 0 unspecified atom stereocenters. The van der Waals surface area contributed by atoms with Crippen LogP contribution in [0.5, 0.6) is 0 Å². The molecular formula is C10H11N3O. The number of rotatable bonds is 1. The van der Waals surface area contributed by atoms with Crippen molar-refractivity contribution in [3.05, 3.63) is 18.2 Å². The first-order valence-corrected chi connectivity index (χ1v) is 4.85. The molecule has 4 nitrogen and oxygen atoms in total. The van der Waals surface area contributed by atoms with Crippen LogP contribution in [0, 0.1) is 18.8 Å². The first kappa shape index (κ1) is 7.91. The second-order valence-corrected chi connectivity index (χ2v) is 4.04. The topological polar surface area (TPSA) is 46.1 Å². The normalized spacial score (nSPS) is 29.2. The summed E-state index contributed by atoms with van der Waals surface area (Å²) in [5.41, 5.74) is 1.76. The highest BCUT2D eigenvalue weighted by molar-refractivity contribution is 6.00. The highest BCUT2D eigenvalue weighted by Crippen LogP contribution is 2.47. The lowest BCUT2D eigenvalue weighted by atomic mass is 10.3.